The third-order valence-electron chi connectivity index (χ3n) is 5.12. The molecule has 3 unspecified atom stereocenters. The Labute approximate surface area is 161 Å². The lowest BCUT2D eigenvalue weighted by molar-refractivity contribution is -0.143. The first-order chi connectivity index (χ1) is 12.8. The second kappa shape index (κ2) is 7.89. The number of benzene rings is 1. The first-order valence-electron chi connectivity index (χ1n) is 9.73. The standard InChI is InChI=1S/C21H30N2O4/c1-5-26-18(24)11-17(14-9-7-6-8-10-14)22-19-15-12-23(13-16(15)19)20(25)27-21(2,3)4/h6-10,15-17,19,22H,5,11-13H2,1-4H3. The van der Waals surface area contributed by atoms with Crippen molar-refractivity contribution < 1.29 is 19.1 Å². The molecule has 0 radical (unpaired) electrons. The summed E-state index contributed by atoms with van der Waals surface area (Å²) in [7, 11) is 0. The first-order valence-corrected chi connectivity index (χ1v) is 9.73. The Morgan fingerprint density at radius 1 is 1.19 bits per heavy atom. The van der Waals surface area contributed by atoms with E-state index in [9.17, 15) is 9.59 Å². The minimum atomic E-state index is -0.473. The maximum Gasteiger partial charge on any atom is 0.410 e. The fourth-order valence-corrected chi connectivity index (χ4v) is 3.83. The number of fused-ring (bicyclic) bond motifs is 1. The number of carbonyl (C=O) groups is 2. The number of nitrogens with one attached hydrogen (secondary N) is 1. The molecule has 1 aromatic carbocycles. The van der Waals surface area contributed by atoms with Crippen LogP contribution in [-0.2, 0) is 14.3 Å². The van der Waals surface area contributed by atoms with E-state index < -0.39 is 5.60 Å². The van der Waals surface area contributed by atoms with Gasteiger partial charge in [-0.3, -0.25) is 4.79 Å². The third-order valence-corrected chi connectivity index (χ3v) is 5.12. The number of esters is 1. The van der Waals surface area contributed by atoms with Crippen LogP contribution < -0.4 is 5.32 Å². The van der Waals surface area contributed by atoms with Gasteiger partial charge in [-0.05, 0) is 45.1 Å². The van der Waals surface area contributed by atoms with Crippen molar-refractivity contribution in [2.24, 2.45) is 11.8 Å². The SMILES string of the molecule is CCOC(=O)CC(NC1C2CN(C(=O)OC(C)(C)C)CC21)c1ccccc1. The van der Waals surface area contributed by atoms with E-state index in [2.05, 4.69) is 5.32 Å². The zero-order chi connectivity index (χ0) is 19.6. The van der Waals surface area contributed by atoms with Crippen LogP contribution in [-0.4, -0.2) is 48.3 Å². The first kappa shape index (κ1) is 19.7. The summed E-state index contributed by atoms with van der Waals surface area (Å²) in [4.78, 5) is 26.0. The van der Waals surface area contributed by atoms with Crippen molar-refractivity contribution >= 4 is 12.1 Å². The van der Waals surface area contributed by atoms with Gasteiger partial charge in [-0.15, -0.1) is 0 Å². The zero-order valence-corrected chi connectivity index (χ0v) is 16.6. The molecular formula is C21H30N2O4. The summed E-state index contributed by atoms with van der Waals surface area (Å²) in [6.07, 6.45) is 0.0726. The highest BCUT2D eigenvalue weighted by molar-refractivity contribution is 5.70. The van der Waals surface area contributed by atoms with Crippen LogP contribution in [0.4, 0.5) is 4.79 Å². The Kier molecular flexibility index (Phi) is 5.75. The molecule has 148 valence electrons. The third kappa shape index (κ3) is 5.01. The number of piperidine rings is 1. The van der Waals surface area contributed by atoms with Crippen LogP contribution in [0.1, 0.15) is 45.7 Å². The average molecular weight is 374 g/mol. The van der Waals surface area contributed by atoms with Crippen molar-refractivity contribution in [1.29, 1.82) is 0 Å². The smallest absolute Gasteiger partial charge is 0.410 e. The number of rotatable bonds is 6. The molecule has 1 N–H and O–H groups in total. The Hall–Kier alpha value is -2.08. The van der Waals surface area contributed by atoms with Crippen molar-refractivity contribution in [2.75, 3.05) is 19.7 Å². The molecule has 6 nitrogen and oxygen atoms in total. The van der Waals surface area contributed by atoms with Crippen LogP contribution in [0.25, 0.3) is 0 Å². The predicted molar refractivity (Wildman–Crippen MR) is 102 cm³/mol. The molecule has 0 aromatic heterocycles. The molecule has 2 fully saturated rings. The summed E-state index contributed by atoms with van der Waals surface area (Å²) in [6.45, 7) is 9.26. The monoisotopic (exact) mass is 374 g/mol. The lowest BCUT2D eigenvalue weighted by atomic mass is 10.0. The quantitative estimate of drug-likeness (QED) is 0.775. The molecule has 1 amide bonds. The molecule has 1 aliphatic heterocycles. The Morgan fingerprint density at radius 2 is 1.81 bits per heavy atom. The molecule has 1 saturated carbocycles. The zero-order valence-electron chi connectivity index (χ0n) is 16.6. The molecule has 3 atom stereocenters. The van der Waals surface area contributed by atoms with E-state index >= 15 is 0 Å². The second-order valence-corrected chi connectivity index (χ2v) is 8.38. The molecule has 2 aliphatic rings. The highest BCUT2D eigenvalue weighted by Gasteiger charge is 2.57. The van der Waals surface area contributed by atoms with Crippen molar-refractivity contribution in [1.82, 2.24) is 10.2 Å². The number of carbonyl (C=O) groups excluding carboxylic acids is 2. The van der Waals surface area contributed by atoms with E-state index in [4.69, 9.17) is 9.47 Å². The van der Waals surface area contributed by atoms with Gasteiger partial charge < -0.3 is 19.7 Å². The predicted octanol–water partition coefficient (Wildman–Crippen LogP) is 3.14. The molecule has 1 saturated heterocycles. The summed E-state index contributed by atoms with van der Waals surface area (Å²) in [5.41, 5.74) is 0.610. The Balaban J connectivity index is 1.56. The van der Waals surface area contributed by atoms with Gasteiger partial charge in [-0.25, -0.2) is 4.79 Å². The Morgan fingerprint density at radius 3 is 2.37 bits per heavy atom. The molecule has 27 heavy (non-hydrogen) atoms. The highest BCUT2D eigenvalue weighted by Crippen LogP contribution is 2.47. The van der Waals surface area contributed by atoms with E-state index in [0.29, 0.717) is 44.0 Å². The van der Waals surface area contributed by atoms with Gasteiger partial charge in [0.2, 0.25) is 0 Å². The van der Waals surface area contributed by atoms with Gasteiger partial charge in [0.1, 0.15) is 5.60 Å². The minimum Gasteiger partial charge on any atom is -0.466 e. The van der Waals surface area contributed by atoms with E-state index in [1.165, 1.54) is 0 Å². The van der Waals surface area contributed by atoms with Crippen molar-refractivity contribution in [3.8, 4) is 0 Å². The number of hydrogen-bond donors (Lipinski definition) is 1. The number of nitrogens with zero attached hydrogens (tertiary/aromatic N) is 1. The van der Waals surface area contributed by atoms with Gasteiger partial charge in [0.05, 0.1) is 13.0 Å². The van der Waals surface area contributed by atoms with Crippen LogP contribution in [0.2, 0.25) is 0 Å². The van der Waals surface area contributed by atoms with Crippen LogP contribution in [0.15, 0.2) is 30.3 Å². The van der Waals surface area contributed by atoms with E-state index in [-0.39, 0.29) is 18.1 Å². The van der Waals surface area contributed by atoms with Crippen LogP contribution in [0.5, 0.6) is 0 Å². The van der Waals surface area contributed by atoms with Crippen molar-refractivity contribution in [3.63, 3.8) is 0 Å². The lowest BCUT2D eigenvalue weighted by Crippen LogP contribution is -2.40. The molecule has 0 bridgehead atoms. The Bertz CT molecular complexity index is 659. The van der Waals surface area contributed by atoms with Gasteiger partial charge in [0, 0.05) is 25.2 Å². The van der Waals surface area contributed by atoms with E-state index in [0.717, 1.165) is 5.56 Å². The normalized spacial score (nSPS) is 24.9. The average Bonchev–Trinajstić information content (AvgIpc) is 3.02. The minimum absolute atomic E-state index is 0.0733. The number of likely N-dealkylation sites (tertiary alicyclic amines) is 1. The maximum atomic E-state index is 12.2. The largest absolute Gasteiger partial charge is 0.466 e. The summed E-state index contributed by atoms with van der Waals surface area (Å²) >= 11 is 0. The summed E-state index contributed by atoms with van der Waals surface area (Å²) < 4.78 is 10.6. The maximum absolute atomic E-state index is 12.2. The van der Waals surface area contributed by atoms with Crippen molar-refractivity contribution in [3.05, 3.63) is 35.9 Å². The van der Waals surface area contributed by atoms with Gasteiger partial charge in [-0.1, -0.05) is 30.3 Å². The molecule has 1 aliphatic carbocycles. The highest BCUT2D eigenvalue weighted by atomic mass is 16.6. The summed E-state index contributed by atoms with van der Waals surface area (Å²) in [5.74, 6) is 0.650. The molecule has 6 heteroatoms. The number of hydrogen-bond acceptors (Lipinski definition) is 5. The molecule has 1 heterocycles. The van der Waals surface area contributed by atoms with Gasteiger partial charge in [-0.2, -0.15) is 0 Å². The fourth-order valence-electron chi connectivity index (χ4n) is 3.83. The van der Waals surface area contributed by atoms with Crippen LogP contribution in [0.3, 0.4) is 0 Å². The summed E-state index contributed by atoms with van der Waals surface area (Å²) in [5, 5.41) is 3.63. The van der Waals surface area contributed by atoms with E-state index in [1.807, 2.05) is 58.0 Å². The van der Waals surface area contributed by atoms with Crippen LogP contribution >= 0.6 is 0 Å². The number of ether oxygens (including phenoxy) is 2. The van der Waals surface area contributed by atoms with E-state index in [1.54, 1.807) is 4.90 Å². The molecular weight excluding hydrogens is 344 g/mol. The van der Waals surface area contributed by atoms with Gasteiger partial charge in [0.25, 0.3) is 0 Å². The lowest BCUT2D eigenvalue weighted by Gasteiger charge is -2.27. The van der Waals surface area contributed by atoms with Gasteiger partial charge in [0.15, 0.2) is 0 Å². The second-order valence-electron chi connectivity index (χ2n) is 8.38. The number of amides is 1. The molecule has 1 aromatic rings. The molecule has 3 rings (SSSR count). The van der Waals surface area contributed by atoms with Crippen molar-refractivity contribution in [2.45, 2.75) is 51.8 Å². The summed E-state index contributed by atoms with van der Waals surface area (Å²) in [6, 6.07) is 10.2. The molecule has 0 spiro atoms. The fraction of sp³-hybridized carbons (Fsp3) is 0.619. The topological polar surface area (TPSA) is 67.9 Å². The van der Waals surface area contributed by atoms with Gasteiger partial charge >= 0.3 is 12.1 Å². The van der Waals surface area contributed by atoms with Crippen LogP contribution in [0, 0.1) is 11.8 Å².